The van der Waals surface area contributed by atoms with Gasteiger partial charge in [-0.05, 0) is 18.2 Å². The van der Waals surface area contributed by atoms with Crippen molar-refractivity contribution >= 4 is 24.0 Å². The average Bonchev–Trinajstić information content (AvgIpc) is 2.30. The molecule has 0 saturated carbocycles. The molecule has 0 aromatic heterocycles. The van der Waals surface area contributed by atoms with Crippen molar-refractivity contribution < 1.29 is 4.74 Å². The zero-order valence-electron chi connectivity index (χ0n) is 9.13. The van der Waals surface area contributed by atoms with E-state index in [1.165, 1.54) is 0 Å². The Labute approximate surface area is 107 Å². The molecule has 16 heavy (non-hydrogen) atoms. The van der Waals surface area contributed by atoms with Gasteiger partial charge in [0, 0.05) is 36.3 Å². The third kappa shape index (κ3) is 3.01. The zero-order chi connectivity index (χ0) is 10.7. The molecule has 90 valence electrons. The van der Waals surface area contributed by atoms with Gasteiger partial charge in [-0.25, -0.2) is 0 Å². The number of nitrogens with one attached hydrogen (secondary N) is 2. The summed E-state index contributed by atoms with van der Waals surface area (Å²) in [6, 6.07) is 6.01. The SMILES string of the molecule is COc1ccc(Cl)cc1[C@H]1CNCCN1.Cl. The Morgan fingerprint density at radius 2 is 2.19 bits per heavy atom. The van der Waals surface area contributed by atoms with Crippen LogP contribution in [0.5, 0.6) is 5.75 Å². The lowest BCUT2D eigenvalue weighted by Crippen LogP contribution is -2.42. The molecule has 0 aliphatic carbocycles. The van der Waals surface area contributed by atoms with Crippen LogP contribution in [0, 0.1) is 0 Å². The second kappa shape index (κ2) is 6.30. The van der Waals surface area contributed by atoms with E-state index in [4.69, 9.17) is 16.3 Å². The Morgan fingerprint density at radius 3 is 2.81 bits per heavy atom. The maximum atomic E-state index is 5.99. The molecule has 5 heteroatoms. The number of halogens is 2. The van der Waals surface area contributed by atoms with E-state index in [2.05, 4.69) is 10.6 Å². The molecule has 1 saturated heterocycles. The van der Waals surface area contributed by atoms with Crippen molar-refractivity contribution in [2.24, 2.45) is 0 Å². The molecule has 0 unspecified atom stereocenters. The van der Waals surface area contributed by atoms with Gasteiger partial charge in [-0.1, -0.05) is 11.6 Å². The van der Waals surface area contributed by atoms with Crippen molar-refractivity contribution in [1.29, 1.82) is 0 Å². The maximum Gasteiger partial charge on any atom is 0.123 e. The molecule has 0 radical (unpaired) electrons. The highest BCUT2D eigenvalue weighted by atomic mass is 35.5. The number of methoxy groups -OCH3 is 1. The van der Waals surface area contributed by atoms with Gasteiger partial charge in [0.1, 0.15) is 5.75 Å². The van der Waals surface area contributed by atoms with Crippen molar-refractivity contribution in [2.45, 2.75) is 6.04 Å². The summed E-state index contributed by atoms with van der Waals surface area (Å²) in [5, 5.41) is 7.53. The van der Waals surface area contributed by atoms with Crippen LogP contribution in [-0.4, -0.2) is 26.7 Å². The lowest BCUT2D eigenvalue weighted by molar-refractivity contribution is 0.382. The molecule has 1 fully saturated rings. The van der Waals surface area contributed by atoms with E-state index in [9.17, 15) is 0 Å². The van der Waals surface area contributed by atoms with Gasteiger partial charge in [0.15, 0.2) is 0 Å². The molecule has 1 heterocycles. The van der Waals surface area contributed by atoms with Crippen molar-refractivity contribution in [1.82, 2.24) is 10.6 Å². The molecule has 1 aliphatic heterocycles. The Morgan fingerprint density at radius 1 is 1.38 bits per heavy atom. The maximum absolute atomic E-state index is 5.99. The third-order valence-corrected chi connectivity index (χ3v) is 2.84. The van der Waals surface area contributed by atoms with Crippen LogP contribution in [0.2, 0.25) is 5.02 Å². The first kappa shape index (κ1) is 13.6. The Kier molecular flexibility index (Phi) is 5.35. The zero-order valence-corrected chi connectivity index (χ0v) is 10.7. The van der Waals surface area contributed by atoms with Crippen LogP contribution in [0.1, 0.15) is 11.6 Å². The highest BCUT2D eigenvalue weighted by Crippen LogP contribution is 2.28. The quantitative estimate of drug-likeness (QED) is 0.856. The van der Waals surface area contributed by atoms with Gasteiger partial charge in [0.2, 0.25) is 0 Å². The fraction of sp³-hybridized carbons (Fsp3) is 0.455. The largest absolute Gasteiger partial charge is 0.496 e. The van der Waals surface area contributed by atoms with Crippen molar-refractivity contribution in [3.63, 3.8) is 0 Å². The lowest BCUT2D eigenvalue weighted by atomic mass is 10.0. The summed E-state index contributed by atoms with van der Waals surface area (Å²) in [5.74, 6) is 0.889. The first-order valence-electron chi connectivity index (χ1n) is 5.09. The van der Waals surface area contributed by atoms with Crippen LogP contribution in [0.3, 0.4) is 0 Å². The van der Waals surface area contributed by atoms with Gasteiger partial charge in [0.05, 0.1) is 7.11 Å². The van der Waals surface area contributed by atoms with Crippen molar-refractivity contribution in [3.05, 3.63) is 28.8 Å². The fourth-order valence-corrected chi connectivity index (χ4v) is 2.03. The molecule has 1 aromatic rings. The summed E-state index contributed by atoms with van der Waals surface area (Å²) in [6.45, 7) is 2.90. The standard InChI is InChI=1S/C11H15ClN2O.ClH/c1-15-11-3-2-8(12)6-9(11)10-7-13-4-5-14-10;/h2-3,6,10,13-14H,4-5,7H2,1H3;1H/t10-;/m1./s1. The van der Waals surface area contributed by atoms with E-state index < -0.39 is 0 Å². The Balaban J connectivity index is 0.00000128. The van der Waals surface area contributed by atoms with Crippen LogP contribution < -0.4 is 15.4 Å². The molecule has 1 aliphatic rings. The third-order valence-electron chi connectivity index (χ3n) is 2.61. The number of piperazine rings is 1. The first-order chi connectivity index (χ1) is 7.31. The molecule has 2 N–H and O–H groups in total. The summed E-state index contributed by atoms with van der Waals surface area (Å²) >= 11 is 5.99. The van der Waals surface area contributed by atoms with Crippen LogP contribution >= 0.6 is 24.0 Å². The average molecular weight is 263 g/mol. The van der Waals surface area contributed by atoms with E-state index in [1.54, 1.807) is 7.11 Å². The molecule has 0 spiro atoms. The highest BCUT2D eigenvalue weighted by molar-refractivity contribution is 6.30. The minimum atomic E-state index is 0. The highest BCUT2D eigenvalue weighted by Gasteiger charge is 2.18. The summed E-state index contributed by atoms with van der Waals surface area (Å²) in [6.07, 6.45) is 0. The monoisotopic (exact) mass is 262 g/mol. The van der Waals surface area contributed by atoms with E-state index in [-0.39, 0.29) is 18.4 Å². The second-order valence-electron chi connectivity index (χ2n) is 3.60. The Bertz CT molecular complexity index is 341. The predicted molar refractivity (Wildman–Crippen MR) is 68.9 cm³/mol. The normalized spacial score (nSPS) is 20.0. The molecular formula is C11H16Cl2N2O. The van der Waals surface area contributed by atoms with E-state index in [0.29, 0.717) is 0 Å². The minimum absolute atomic E-state index is 0. The lowest BCUT2D eigenvalue weighted by Gasteiger charge is -2.26. The van der Waals surface area contributed by atoms with E-state index in [0.717, 1.165) is 36.0 Å². The molecule has 0 amide bonds. The molecular weight excluding hydrogens is 247 g/mol. The van der Waals surface area contributed by atoms with Crippen LogP contribution in [0.4, 0.5) is 0 Å². The number of rotatable bonds is 2. The predicted octanol–water partition coefficient (Wildman–Crippen LogP) is 2.00. The van der Waals surface area contributed by atoms with Gasteiger partial charge in [-0.3, -0.25) is 0 Å². The van der Waals surface area contributed by atoms with Crippen LogP contribution in [-0.2, 0) is 0 Å². The summed E-state index contributed by atoms with van der Waals surface area (Å²) in [7, 11) is 1.68. The topological polar surface area (TPSA) is 33.3 Å². The fourth-order valence-electron chi connectivity index (χ4n) is 1.85. The van der Waals surface area contributed by atoms with Crippen LogP contribution in [0.25, 0.3) is 0 Å². The molecule has 0 bridgehead atoms. The smallest absolute Gasteiger partial charge is 0.123 e. The van der Waals surface area contributed by atoms with E-state index >= 15 is 0 Å². The summed E-state index contributed by atoms with van der Waals surface area (Å²) in [5.41, 5.74) is 1.12. The van der Waals surface area contributed by atoms with Crippen LogP contribution in [0.15, 0.2) is 18.2 Å². The number of hydrogen-bond acceptors (Lipinski definition) is 3. The number of ether oxygens (including phenoxy) is 1. The number of hydrogen-bond donors (Lipinski definition) is 2. The second-order valence-corrected chi connectivity index (χ2v) is 4.03. The van der Waals surface area contributed by atoms with Gasteiger partial charge < -0.3 is 15.4 Å². The van der Waals surface area contributed by atoms with Gasteiger partial charge in [-0.15, -0.1) is 12.4 Å². The molecule has 3 nitrogen and oxygen atoms in total. The van der Waals surface area contributed by atoms with Crippen molar-refractivity contribution in [2.75, 3.05) is 26.7 Å². The minimum Gasteiger partial charge on any atom is -0.496 e. The van der Waals surface area contributed by atoms with Gasteiger partial charge >= 0.3 is 0 Å². The van der Waals surface area contributed by atoms with Gasteiger partial charge in [-0.2, -0.15) is 0 Å². The van der Waals surface area contributed by atoms with Gasteiger partial charge in [0.25, 0.3) is 0 Å². The molecule has 1 aromatic carbocycles. The number of benzene rings is 1. The summed E-state index contributed by atoms with van der Waals surface area (Å²) in [4.78, 5) is 0. The first-order valence-corrected chi connectivity index (χ1v) is 5.46. The molecule has 1 atom stereocenters. The van der Waals surface area contributed by atoms with E-state index in [1.807, 2.05) is 18.2 Å². The summed E-state index contributed by atoms with van der Waals surface area (Å²) < 4.78 is 5.33. The Hall–Kier alpha value is -0.480. The van der Waals surface area contributed by atoms with Crippen molar-refractivity contribution in [3.8, 4) is 5.75 Å². The molecule has 2 rings (SSSR count).